The molecule has 294 valence electrons. The van der Waals surface area contributed by atoms with Crippen molar-refractivity contribution in [3.8, 4) is 11.5 Å². The molecule has 53 heavy (non-hydrogen) atoms. The van der Waals surface area contributed by atoms with E-state index < -0.39 is 16.0 Å². The van der Waals surface area contributed by atoms with Gasteiger partial charge in [-0.2, -0.15) is 17.0 Å². The number of halogens is 2. The molecule has 7 rings (SSSR count). The summed E-state index contributed by atoms with van der Waals surface area (Å²) in [4.78, 5) is 28.9. The number of piperidine rings is 3. The van der Waals surface area contributed by atoms with Crippen LogP contribution in [0.2, 0.25) is 0 Å². The summed E-state index contributed by atoms with van der Waals surface area (Å²) in [5.41, 5.74) is 0.714. The van der Waals surface area contributed by atoms with Gasteiger partial charge in [0.2, 0.25) is 0 Å². The van der Waals surface area contributed by atoms with Crippen LogP contribution in [0.1, 0.15) is 83.0 Å². The monoisotopic (exact) mass is 776 g/mol. The van der Waals surface area contributed by atoms with E-state index in [1.807, 2.05) is 27.7 Å². The lowest BCUT2D eigenvalue weighted by molar-refractivity contribution is -0.0415. The van der Waals surface area contributed by atoms with Gasteiger partial charge in [0, 0.05) is 71.0 Å². The molecule has 1 aromatic heterocycles. The normalized spacial score (nSPS) is 23.7. The van der Waals surface area contributed by atoms with E-state index in [0.717, 1.165) is 90.8 Å². The van der Waals surface area contributed by atoms with Gasteiger partial charge in [-0.25, -0.2) is 14.4 Å². The summed E-state index contributed by atoms with van der Waals surface area (Å²) in [5, 5.41) is 3.45. The van der Waals surface area contributed by atoms with Crippen molar-refractivity contribution in [3.63, 3.8) is 0 Å². The molecule has 2 spiro atoms. The minimum absolute atomic E-state index is 0. The number of carbonyl (C=O) groups excluding carboxylic acids is 1. The Labute approximate surface area is 321 Å². The first-order valence-electron chi connectivity index (χ1n) is 19.4. The third-order valence-corrected chi connectivity index (χ3v) is 14.5. The Morgan fingerprint density at radius 1 is 0.943 bits per heavy atom. The third kappa shape index (κ3) is 8.47. The topological polar surface area (TPSA) is 114 Å². The van der Waals surface area contributed by atoms with E-state index in [4.69, 9.17) is 4.74 Å². The van der Waals surface area contributed by atoms with Crippen LogP contribution >= 0.6 is 12.4 Å². The molecule has 1 amide bonds. The minimum atomic E-state index is -3.41. The van der Waals surface area contributed by atoms with Gasteiger partial charge in [0.05, 0.1) is 11.8 Å². The molecular formula is C38H58ClFN8O4S. The SMILES string of the molecule is CC(C)N(C(=O)c1cc(F)ccc1Oc1cncnc1N1CC[C@@H](CN2CC3(CCN(S(=O)(=O)N4CCC5(CCNCC5)CC4)CC3)C2)C1)C(C)C.Cl. The predicted molar refractivity (Wildman–Crippen MR) is 206 cm³/mol. The van der Waals surface area contributed by atoms with Crippen molar-refractivity contribution < 1.29 is 22.3 Å². The van der Waals surface area contributed by atoms with Crippen molar-refractivity contribution in [1.82, 2.24) is 33.7 Å². The highest BCUT2D eigenvalue weighted by atomic mass is 35.5. The predicted octanol–water partition coefficient (Wildman–Crippen LogP) is 5.02. The second-order valence-corrected chi connectivity index (χ2v) is 18.6. The molecule has 5 aliphatic rings. The number of amides is 1. The van der Waals surface area contributed by atoms with Crippen molar-refractivity contribution in [2.75, 3.05) is 76.9 Å². The number of nitrogens with one attached hydrogen (secondary N) is 1. The average Bonchev–Trinajstić information content (AvgIpc) is 3.57. The number of anilines is 1. The fourth-order valence-electron chi connectivity index (χ4n) is 9.59. The maximum absolute atomic E-state index is 14.4. The number of carbonyl (C=O) groups is 1. The summed E-state index contributed by atoms with van der Waals surface area (Å²) >= 11 is 0. The van der Waals surface area contributed by atoms with Gasteiger partial charge in [-0.05, 0) is 121 Å². The van der Waals surface area contributed by atoms with Gasteiger partial charge in [0.25, 0.3) is 16.1 Å². The first kappa shape index (κ1) is 40.1. The first-order chi connectivity index (χ1) is 24.9. The van der Waals surface area contributed by atoms with Gasteiger partial charge >= 0.3 is 0 Å². The number of hydrogen-bond acceptors (Lipinski definition) is 9. The highest BCUT2D eigenvalue weighted by molar-refractivity contribution is 7.86. The second kappa shape index (κ2) is 16.2. The molecule has 5 aliphatic heterocycles. The molecule has 5 fully saturated rings. The van der Waals surface area contributed by atoms with Gasteiger partial charge in [-0.15, -0.1) is 12.4 Å². The van der Waals surface area contributed by atoms with Gasteiger partial charge < -0.3 is 24.8 Å². The van der Waals surface area contributed by atoms with E-state index in [1.54, 1.807) is 19.7 Å². The van der Waals surface area contributed by atoms with Crippen LogP contribution in [0.4, 0.5) is 10.2 Å². The van der Waals surface area contributed by atoms with Crippen LogP contribution in [0, 0.1) is 22.6 Å². The Balaban J connectivity index is 0.00000481. The molecule has 0 radical (unpaired) electrons. The quantitative estimate of drug-likeness (QED) is 0.356. The molecule has 1 atom stereocenters. The number of likely N-dealkylation sites (tertiary alicyclic amines) is 1. The molecule has 0 unspecified atom stereocenters. The van der Waals surface area contributed by atoms with Crippen LogP contribution in [0.25, 0.3) is 0 Å². The van der Waals surface area contributed by atoms with Crippen LogP contribution in [-0.2, 0) is 10.2 Å². The zero-order chi connectivity index (χ0) is 36.7. The average molecular weight is 777 g/mol. The number of rotatable bonds is 10. The molecule has 2 aromatic rings. The minimum Gasteiger partial charge on any atom is -0.451 e. The van der Waals surface area contributed by atoms with Gasteiger partial charge in [-0.1, -0.05) is 0 Å². The molecule has 0 aliphatic carbocycles. The molecule has 0 bridgehead atoms. The van der Waals surface area contributed by atoms with E-state index in [9.17, 15) is 17.6 Å². The van der Waals surface area contributed by atoms with Crippen LogP contribution in [0.15, 0.2) is 30.7 Å². The summed E-state index contributed by atoms with van der Waals surface area (Å²) in [5.74, 6) is 1.04. The molecule has 1 aromatic carbocycles. The second-order valence-electron chi connectivity index (χ2n) is 16.7. The Bertz CT molecular complexity index is 1680. The standard InChI is InChI=1S/C38H57FN8O4S.ClH/c1-28(2)47(29(3)4)36(48)32-21-31(39)5-6-33(32)51-34-22-41-27-42-35(34)44-16-7-30(24-44)23-43-25-38(26-43)12-19-46(20-13-38)52(49,50)45-17-10-37(11-18-45)8-14-40-15-9-37;/h5-6,21-22,27-30,40H,7-20,23-26H2,1-4H3;1H/t30-;/m0./s1. The van der Waals surface area contributed by atoms with E-state index >= 15 is 0 Å². The maximum atomic E-state index is 14.4. The Kier molecular flexibility index (Phi) is 12.3. The summed E-state index contributed by atoms with van der Waals surface area (Å²) in [6.45, 7) is 17.1. The zero-order valence-corrected chi connectivity index (χ0v) is 33.4. The van der Waals surface area contributed by atoms with Crippen LogP contribution in [-0.4, -0.2) is 127 Å². The molecule has 1 N–H and O–H groups in total. The van der Waals surface area contributed by atoms with Crippen LogP contribution in [0.3, 0.4) is 0 Å². The zero-order valence-electron chi connectivity index (χ0n) is 31.8. The van der Waals surface area contributed by atoms with Crippen molar-refractivity contribution in [2.24, 2.45) is 16.7 Å². The summed E-state index contributed by atoms with van der Waals surface area (Å²) in [7, 11) is -3.41. The lowest BCUT2D eigenvalue weighted by Gasteiger charge is -2.55. The summed E-state index contributed by atoms with van der Waals surface area (Å²) < 4.78 is 51.5. The van der Waals surface area contributed by atoms with E-state index in [0.29, 0.717) is 49.1 Å². The molecule has 0 saturated carbocycles. The number of ether oxygens (including phenoxy) is 1. The fourth-order valence-corrected chi connectivity index (χ4v) is 11.2. The highest BCUT2D eigenvalue weighted by Gasteiger charge is 2.48. The van der Waals surface area contributed by atoms with Crippen LogP contribution < -0.4 is 15.0 Å². The number of nitrogens with zero attached hydrogens (tertiary/aromatic N) is 7. The smallest absolute Gasteiger partial charge is 0.281 e. The maximum Gasteiger partial charge on any atom is 0.281 e. The number of hydrogen-bond donors (Lipinski definition) is 1. The highest BCUT2D eigenvalue weighted by Crippen LogP contribution is 2.44. The molecular weight excluding hydrogens is 719 g/mol. The van der Waals surface area contributed by atoms with Gasteiger partial charge in [0.1, 0.15) is 17.9 Å². The molecule has 15 heteroatoms. The largest absolute Gasteiger partial charge is 0.451 e. The fraction of sp³-hybridized carbons (Fsp3) is 0.711. The van der Waals surface area contributed by atoms with Crippen LogP contribution in [0.5, 0.6) is 11.5 Å². The Morgan fingerprint density at radius 3 is 2.19 bits per heavy atom. The van der Waals surface area contributed by atoms with Crippen molar-refractivity contribution in [3.05, 3.63) is 42.1 Å². The van der Waals surface area contributed by atoms with Crippen molar-refractivity contribution >= 4 is 34.3 Å². The molecule has 12 nitrogen and oxygen atoms in total. The van der Waals surface area contributed by atoms with Gasteiger partial charge in [-0.3, -0.25) is 4.79 Å². The van der Waals surface area contributed by atoms with E-state index in [-0.39, 0.29) is 47.1 Å². The lowest BCUT2D eigenvalue weighted by atomic mass is 9.72. The van der Waals surface area contributed by atoms with E-state index in [1.165, 1.54) is 24.5 Å². The van der Waals surface area contributed by atoms with Crippen molar-refractivity contribution in [1.29, 1.82) is 0 Å². The Hall–Kier alpha value is -2.62. The Morgan fingerprint density at radius 2 is 1.57 bits per heavy atom. The molecule has 6 heterocycles. The third-order valence-electron chi connectivity index (χ3n) is 12.5. The number of aromatic nitrogens is 2. The number of benzene rings is 1. The molecule has 5 saturated heterocycles. The summed E-state index contributed by atoms with van der Waals surface area (Å²) in [6.07, 6.45) is 10.3. The summed E-state index contributed by atoms with van der Waals surface area (Å²) in [6, 6.07) is 3.91. The van der Waals surface area contributed by atoms with E-state index in [2.05, 4.69) is 25.1 Å². The van der Waals surface area contributed by atoms with Crippen molar-refractivity contribution in [2.45, 2.75) is 84.7 Å². The lowest BCUT2D eigenvalue weighted by Crippen LogP contribution is -2.62. The first-order valence-corrected chi connectivity index (χ1v) is 20.8. The van der Waals surface area contributed by atoms with Gasteiger partial charge in [0.15, 0.2) is 11.6 Å².